The van der Waals surface area contributed by atoms with Gasteiger partial charge in [-0.3, -0.25) is 9.69 Å². The molecule has 0 amide bonds. The van der Waals surface area contributed by atoms with Crippen molar-refractivity contribution in [3.63, 3.8) is 0 Å². The van der Waals surface area contributed by atoms with Crippen LogP contribution in [0.2, 0.25) is 0 Å². The molecule has 0 unspecified atom stereocenters. The topological polar surface area (TPSA) is 51.3 Å². The number of pyridine rings is 1. The molecule has 0 aliphatic heterocycles. The molecule has 1 heterocycles. The second kappa shape index (κ2) is 6.35. The van der Waals surface area contributed by atoms with Crippen LogP contribution in [-0.2, 0) is 6.54 Å². The van der Waals surface area contributed by atoms with Gasteiger partial charge < -0.3 is 10.3 Å². The summed E-state index contributed by atoms with van der Waals surface area (Å²) >= 11 is 0. The van der Waals surface area contributed by atoms with Gasteiger partial charge in [0.15, 0.2) is 0 Å². The fourth-order valence-electron chi connectivity index (χ4n) is 3.29. The summed E-state index contributed by atoms with van der Waals surface area (Å²) in [7, 11) is 0. The molecule has 0 atom stereocenters. The van der Waals surface area contributed by atoms with Gasteiger partial charge in [-0.2, -0.15) is 0 Å². The summed E-state index contributed by atoms with van der Waals surface area (Å²) in [6.07, 6.45) is 6.81. The fraction of sp³-hybridized carbons (Fsp3) is 0.667. The number of likely N-dealkylation sites (N-methyl/N-ethyl adjacent to an activating group) is 1. The van der Waals surface area contributed by atoms with Crippen LogP contribution >= 0.6 is 0 Å². The molecule has 0 saturated heterocycles. The Morgan fingerprint density at radius 2 is 2.11 bits per heavy atom. The van der Waals surface area contributed by atoms with Gasteiger partial charge in [0, 0.05) is 37.4 Å². The lowest BCUT2D eigenvalue weighted by atomic mass is 9.95. The van der Waals surface area contributed by atoms with Gasteiger partial charge in [0.05, 0.1) is 0 Å². The van der Waals surface area contributed by atoms with Gasteiger partial charge in [0.2, 0.25) is 0 Å². The highest BCUT2D eigenvalue weighted by Crippen LogP contribution is 2.34. The van der Waals surface area contributed by atoms with Crippen molar-refractivity contribution in [2.45, 2.75) is 44.7 Å². The number of rotatable bonds is 6. The lowest BCUT2D eigenvalue weighted by Crippen LogP contribution is -2.53. The van der Waals surface area contributed by atoms with Crippen molar-refractivity contribution in [3.05, 3.63) is 34.7 Å². The van der Waals surface area contributed by atoms with E-state index in [9.17, 15) is 4.79 Å². The highest BCUT2D eigenvalue weighted by Gasteiger charge is 2.37. The third-order valence-corrected chi connectivity index (χ3v) is 4.48. The number of aromatic nitrogens is 1. The predicted molar refractivity (Wildman–Crippen MR) is 78.2 cm³/mol. The van der Waals surface area contributed by atoms with Crippen molar-refractivity contribution in [3.8, 4) is 0 Å². The first-order valence-corrected chi connectivity index (χ1v) is 7.32. The Labute approximate surface area is 115 Å². The highest BCUT2D eigenvalue weighted by atomic mass is 16.1. The Balaban J connectivity index is 2.03. The monoisotopic (exact) mass is 263 g/mol. The van der Waals surface area contributed by atoms with Crippen LogP contribution in [0.1, 0.15) is 32.6 Å². The summed E-state index contributed by atoms with van der Waals surface area (Å²) in [6, 6.07) is 5.31. The molecule has 4 nitrogen and oxygen atoms in total. The van der Waals surface area contributed by atoms with E-state index in [1.54, 1.807) is 16.7 Å². The van der Waals surface area contributed by atoms with Crippen LogP contribution in [0.25, 0.3) is 0 Å². The van der Waals surface area contributed by atoms with Crippen LogP contribution in [0.5, 0.6) is 0 Å². The first-order chi connectivity index (χ1) is 9.22. The van der Waals surface area contributed by atoms with Crippen LogP contribution in [0.15, 0.2) is 29.2 Å². The molecule has 19 heavy (non-hydrogen) atoms. The molecule has 2 N–H and O–H groups in total. The Morgan fingerprint density at radius 1 is 1.37 bits per heavy atom. The van der Waals surface area contributed by atoms with Crippen LogP contribution in [0.3, 0.4) is 0 Å². The first kappa shape index (κ1) is 14.3. The van der Waals surface area contributed by atoms with E-state index in [1.165, 1.54) is 25.7 Å². The average Bonchev–Trinajstić information content (AvgIpc) is 2.91. The van der Waals surface area contributed by atoms with E-state index in [-0.39, 0.29) is 11.1 Å². The van der Waals surface area contributed by atoms with E-state index in [1.807, 2.05) is 12.3 Å². The maximum absolute atomic E-state index is 11.7. The predicted octanol–water partition coefficient (Wildman–Crippen LogP) is 1.44. The van der Waals surface area contributed by atoms with Gasteiger partial charge in [-0.15, -0.1) is 0 Å². The largest absolute Gasteiger partial charge is 0.329 e. The van der Waals surface area contributed by atoms with Crippen molar-refractivity contribution in [2.75, 3.05) is 19.6 Å². The van der Waals surface area contributed by atoms with Crippen LogP contribution in [0, 0.1) is 0 Å². The van der Waals surface area contributed by atoms with E-state index in [0.717, 1.165) is 26.2 Å². The SMILES string of the molecule is CCN(CCn1ccccc1=O)C1(CN)CCCC1. The molecule has 1 aliphatic rings. The van der Waals surface area contributed by atoms with E-state index >= 15 is 0 Å². The van der Waals surface area contributed by atoms with Crippen molar-refractivity contribution in [1.82, 2.24) is 9.47 Å². The van der Waals surface area contributed by atoms with Gasteiger partial charge in [0.1, 0.15) is 0 Å². The molecule has 0 aromatic carbocycles. The zero-order valence-electron chi connectivity index (χ0n) is 11.8. The van der Waals surface area contributed by atoms with Gasteiger partial charge in [-0.05, 0) is 25.5 Å². The first-order valence-electron chi connectivity index (χ1n) is 7.32. The molecule has 1 aromatic heterocycles. The molecule has 2 rings (SSSR count). The van der Waals surface area contributed by atoms with Gasteiger partial charge in [0.25, 0.3) is 5.56 Å². The summed E-state index contributed by atoms with van der Waals surface area (Å²) in [5.74, 6) is 0. The molecular formula is C15H25N3O. The Bertz CT molecular complexity index is 449. The van der Waals surface area contributed by atoms with Crippen LogP contribution in [-0.4, -0.2) is 34.6 Å². The molecular weight excluding hydrogens is 238 g/mol. The molecule has 1 aliphatic carbocycles. The molecule has 1 saturated carbocycles. The molecule has 1 fully saturated rings. The van der Waals surface area contributed by atoms with Crippen molar-refractivity contribution in [2.24, 2.45) is 5.73 Å². The van der Waals surface area contributed by atoms with Crippen LogP contribution < -0.4 is 11.3 Å². The second-order valence-electron chi connectivity index (χ2n) is 5.45. The zero-order chi connectivity index (χ0) is 13.7. The summed E-state index contributed by atoms with van der Waals surface area (Å²) < 4.78 is 1.78. The van der Waals surface area contributed by atoms with Crippen LogP contribution in [0.4, 0.5) is 0 Å². The minimum atomic E-state index is 0.0757. The number of hydrogen-bond acceptors (Lipinski definition) is 3. The molecule has 0 spiro atoms. The van der Waals surface area contributed by atoms with E-state index in [0.29, 0.717) is 0 Å². The third-order valence-electron chi connectivity index (χ3n) is 4.48. The number of hydrogen-bond donors (Lipinski definition) is 1. The summed E-state index contributed by atoms with van der Waals surface area (Å²) in [6.45, 7) is 5.56. The minimum absolute atomic E-state index is 0.0757. The molecule has 106 valence electrons. The summed E-state index contributed by atoms with van der Waals surface area (Å²) in [5.41, 5.74) is 6.28. The zero-order valence-corrected chi connectivity index (χ0v) is 11.8. The lowest BCUT2D eigenvalue weighted by molar-refractivity contribution is 0.100. The minimum Gasteiger partial charge on any atom is -0.329 e. The van der Waals surface area contributed by atoms with E-state index in [4.69, 9.17) is 5.73 Å². The summed E-state index contributed by atoms with van der Waals surface area (Å²) in [5, 5.41) is 0. The normalized spacial score (nSPS) is 18.1. The fourth-order valence-corrected chi connectivity index (χ4v) is 3.29. The number of nitrogens with two attached hydrogens (primary N) is 1. The smallest absolute Gasteiger partial charge is 0.250 e. The summed E-state index contributed by atoms with van der Waals surface area (Å²) in [4.78, 5) is 14.2. The second-order valence-corrected chi connectivity index (χ2v) is 5.45. The Morgan fingerprint density at radius 3 is 2.68 bits per heavy atom. The average molecular weight is 263 g/mol. The van der Waals surface area contributed by atoms with Crippen molar-refractivity contribution < 1.29 is 0 Å². The van der Waals surface area contributed by atoms with Crippen molar-refractivity contribution >= 4 is 0 Å². The maximum Gasteiger partial charge on any atom is 0.250 e. The number of nitrogens with zero attached hydrogens (tertiary/aromatic N) is 2. The maximum atomic E-state index is 11.7. The van der Waals surface area contributed by atoms with E-state index in [2.05, 4.69) is 11.8 Å². The molecule has 0 bridgehead atoms. The molecule has 1 aromatic rings. The Kier molecular flexibility index (Phi) is 4.77. The highest BCUT2D eigenvalue weighted by molar-refractivity contribution is 4.97. The van der Waals surface area contributed by atoms with Crippen molar-refractivity contribution in [1.29, 1.82) is 0 Å². The third kappa shape index (κ3) is 3.07. The van der Waals surface area contributed by atoms with E-state index < -0.39 is 0 Å². The Hall–Kier alpha value is -1.13. The van der Waals surface area contributed by atoms with Gasteiger partial charge in [-0.1, -0.05) is 25.8 Å². The standard InChI is InChI=1S/C15H25N3O/c1-2-18(15(13-16)8-4-5-9-15)12-11-17-10-6-3-7-14(17)19/h3,6-7,10H,2,4-5,8-9,11-13,16H2,1H3. The lowest BCUT2D eigenvalue weighted by Gasteiger charge is -2.40. The molecule has 4 heteroatoms. The quantitative estimate of drug-likeness (QED) is 0.845. The van der Waals surface area contributed by atoms with Gasteiger partial charge in [-0.25, -0.2) is 0 Å². The van der Waals surface area contributed by atoms with Gasteiger partial charge >= 0.3 is 0 Å². The molecule has 0 radical (unpaired) electrons.